The molecule has 2 rings (SSSR count). The highest BCUT2D eigenvalue weighted by Crippen LogP contribution is 2.23. The Hall–Kier alpha value is -2.30. The molecule has 0 saturated carbocycles. The van der Waals surface area contributed by atoms with Crippen molar-refractivity contribution in [2.45, 2.75) is 60.5 Å². The van der Waals surface area contributed by atoms with Gasteiger partial charge in [0.05, 0.1) is 6.54 Å². The summed E-state index contributed by atoms with van der Waals surface area (Å²) in [6.07, 6.45) is 0. The maximum atomic E-state index is 12.6. The summed E-state index contributed by atoms with van der Waals surface area (Å²) in [5.41, 5.74) is 3.94. The predicted octanol–water partition coefficient (Wildman–Crippen LogP) is 4.92. The highest BCUT2D eigenvalue weighted by atomic mass is 16.5. The lowest BCUT2D eigenvalue weighted by molar-refractivity contribution is 0.177. The summed E-state index contributed by atoms with van der Waals surface area (Å²) in [6, 6.07) is 8.04. The molecule has 1 aromatic heterocycles. The van der Waals surface area contributed by atoms with E-state index in [1.165, 1.54) is 11.1 Å². The molecular weight excluding hydrogens is 326 g/mol. The van der Waals surface area contributed by atoms with Gasteiger partial charge in [-0.2, -0.15) is 0 Å². The van der Waals surface area contributed by atoms with Gasteiger partial charge in [-0.15, -0.1) is 0 Å². The number of hydrogen-bond donors (Lipinski definition) is 1. The third-order valence-corrected chi connectivity index (χ3v) is 4.06. The molecule has 1 N–H and O–H groups in total. The van der Waals surface area contributed by atoms with E-state index in [2.05, 4.69) is 50.3 Å². The molecule has 1 heterocycles. The minimum absolute atomic E-state index is 0.0815. The van der Waals surface area contributed by atoms with E-state index in [0.717, 1.165) is 17.0 Å². The van der Waals surface area contributed by atoms with Crippen LogP contribution in [0.25, 0.3) is 11.3 Å². The zero-order valence-corrected chi connectivity index (χ0v) is 17.0. The monoisotopic (exact) mass is 357 g/mol. The Balaban J connectivity index is 2.17. The molecule has 0 aliphatic carbocycles. The molecule has 0 fully saturated rings. The Bertz CT molecular complexity index is 757. The van der Waals surface area contributed by atoms with Crippen LogP contribution >= 0.6 is 0 Å². The maximum Gasteiger partial charge on any atom is 0.318 e. The highest BCUT2D eigenvalue weighted by Gasteiger charge is 2.22. The standard InChI is InChI=1S/C21H31N3O2/c1-14(2)12-24(20(25)22-21(5,6)7)13-18-11-19(26-23-18)17-9-8-15(3)16(4)10-17/h8-11,14H,12-13H2,1-7H3,(H,22,25). The van der Waals surface area contributed by atoms with Crippen LogP contribution < -0.4 is 5.32 Å². The zero-order chi connectivity index (χ0) is 19.5. The Kier molecular flexibility index (Phi) is 6.11. The molecule has 0 spiro atoms. The van der Waals surface area contributed by atoms with E-state index in [-0.39, 0.29) is 11.6 Å². The van der Waals surface area contributed by atoms with Gasteiger partial charge in [-0.05, 0) is 57.7 Å². The van der Waals surface area contributed by atoms with Crippen molar-refractivity contribution in [1.29, 1.82) is 0 Å². The first-order chi connectivity index (χ1) is 12.0. The van der Waals surface area contributed by atoms with Gasteiger partial charge in [0.2, 0.25) is 0 Å². The van der Waals surface area contributed by atoms with E-state index in [1.54, 1.807) is 4.90 Å². The molecule has 0 unspecified atom stereocenters. The van der Waals surface area contributed by atoms with E-state index in [1.807, 2.05) is 32.9 Å². The van der Waals surface area contributed by atoms with Crippen molar-refractivity contribution in [1.82, 2.24) is 15.4 Å². The summed E-state index contributed by atoms with van der Waals surface area (Å²) < 4.78 is 5.52. The first-order valence-corrected chi connectivity index (χ1v) is 9.15. The van der Waals surface area contributed by atoms with Crippen LogP contribution in [0, 0.1) is 19.8 Å². The summed E-state index contributed by atoms with van der Waals surface area (Å²) in [5.74, 6) is 1.09. The number of aromatic nitrogens is 1. The van der Waals surface area contributed by atoms with Crippen molar-refractivity contribution in [3.05, 3.63) is 41.1 Å². The van der Waals surface area contributed by atoms with Crippen molar-refractivity contribution in [2.75, 3.05) is 6.54 Å². The summed E-state index contributed by atoms with van der Waals surface area (Å²) >= 11 is 0. The molecule has 5 nitrogen and oxygen atoms in total. The van der Waals surface area contributed by atoms with Crippen LogP contribution in [0.2, 0.25) is 0 Å². The van der Waals surface area contributed by atoms with Crippen LogP contribution in [0.3, 0.4) is 0 Å². The lowest BCUT2D eigenvalue weighted by Crippen LogP contribution is -2.49. The number of amides is 2. The minimum Gasteiger partial charge on any atom is -0.356 e. The van der Waals surface area contributed by atoms with Crippen molar-refractivity contribution in [2.24, 2.45) is 5.92 Å². The van der Waals surface area contributed by atoms with E-state index >= 15 is 0 Å². The topological polar surface area (TPSA) is 58.4 Å². The van der Waals surface area contributed by atoms with Crippen molar-refractivity contribution >= 4 is 6.03 Å². The Morgan fingerprint density at radius 2 is 1.88 bits per heavy atom. The molecular formula is C21H31N3O2. The molecule has 5 heteroatoms. The molecule has 2 aromatic rings. The summed E-state index contributed by atoms with van der Waals surface area (Å²) in [6.45, 7) is 15.4. The van der Waals surface area contributed by atoms with Crippen molar-refractivity contribution < 1.29 is 9.32 Å². The fraction of sp³-hybridized carbons (Fsp3) is 0.524. The second kappa shape index (κ2) is 7.94. The number of benzene rings is 1. The predicted molar refractivity (Wildman–Crippen MR) is 105 cm³/mol. The fourth-order valence-corrected chi connectivity index (χ4v) is 2.67. The van der Waals surface area contributed by atoms with Crippen LogP contribution in [0.1, 0.15) is 51.4 Å². The molecule has 1 aromatic carbocycles. The van der Waals surface area contributed by atoms with Gasteiger partial charge in [0, 0.05) is 23.7 Å². The number of carbonyl (C=O) groups is 1. The number of nitrogens with one attached hydrogen (secondary N) is 1. The van der Waals surface area contributed by atoms with Crippen LogP contribution in [0.15, 0.2) is 28.8 Å². The molecule has 0 bridgehead atoms. The lowest BCUT2D eigenvalue weighted by Gasteiger charge is -2.29. The van der Waals surface area contributed by atoms with E-state index < -0.39 is 0 Å². The van der Waals surface area contributed by atoms with Gasteiger partial charge in [0.15, 0.2) is 5.76 Å². The van der Waals surface area contributed by atoms with Gasteiger partial charge in [-0.25, -0.2) is 4.79 Å². The third-order valence-electron chi connectivity index (χ3n) is 4.06. The number of aryl methyl sites for hydroxylation is 2. The fourth-order valence-electron chi connectivity index (χ4n) is 2.67. The number of nitrogens with zero attached hydrogens (tertiary/aromatic N) is 2. The second-order valence-electron chi connectivity index (χ2n) is 8.44. The van der Waals surface area contributed by atoms with Crippen LogP contribution in [0.5, 0.6) is 0 Å². The van der Waals surface area contributed by atoms with Gasteiger partial charge < -0.3 is 14.7 Å². The molecule has 0 aliphatic heterocycles. The van der Waals surface area contributed by atoms with Gasteiger partial charge in [-0.1, -0.05) is 31.1 Å². The third kappa shape index (κ3) is 5.61. The Morgan fingerprint density at radius 1 is 1.19 bits per heavy atom. The largest absolute Gasteiger partial charge is 0.356 e. The van der Waals surface area contributed by atoms with Crippen LogP contribution in [0.4, 0.5) is 4.79 Å². The smallest absolute Gasteiger partial charge is 0.318 e. The quantitative estimate of drug-likeness (QED) is 0.826. The van der Waals surface area contributed by atoms with Crippen LogP contribution in [-0.2, 0) is 6.54 Å². The van der Waals surface area contributed by atoms with E-state index in [4.69, 9.17) is 4.52 Å². The number of urea groups is 1. The van der Waals surface area contributed by atoms with Crippen molar-refractivity contribution in [3.8, 4) is 11.3 Å². The van der Waals surface area contributed by atoms with Gasteiger partial charge in [-0.3, -0.25) is 0 Å². The Labute approximate surface area is 156 Å². The number of hydrogen-bond acceptors (Lipinski definition) is 3. The summed E-state index contributed by atoms with van der Waals surface area (Å²) in [5, 5.41) is 7.20. The SMILES string of the molecule is Cc1ccc(-c2cc(CN(CC(C)C)C(=O)NC(C)(C)C)no2)cc1C. The average Bonchev–Trinajstić information content (AvgIpc) is 2.96. The minimum atomic E-state index is -0.277. The van der Waals surface area contributed by atoms with E-state index in [9.17, 15) is 4.79 Å². The molecule has 26 heavy (non-hydrogen) atoms. The van der Waals surface area contributed by atoms with Crippen molar-refractivity contribution in [3.63, 3.8) is 0 Å². The number of carbonyl (C=O) groups excluding carboxylic acids is 1. The molecule has 0 atom stereocenters. The molecule has 0 saturated heterocycles. The zero-order valence-electron chi connectivity index (χ0n) is 17.0. The molecule has 142 valence electrons. The molecule has 2 amide bonds. The first kappa shape index (κ1) is 20.0. The Morgan fingerprint density at radius 3 is 2.46 bits per heavy atom. The number of rotatable bonds is 5. The lowest BCUT2D eigenvalue weighted by atomic mass is 10.0. The normalized spacial score (nSPS) is 11.7. The summed E-state index contributed by atoms with van der Waals surface area (Å²) in [4.78, 5) is 14.4. The summed E-state index contributed by atoms with van der Waals surface area (Å²) in [7, 11) is 0. The molecule has 0 radical (unpaired) electrons. The first-order valence-electron chi connectivity index (χ1n) is 9.15. The molecule has 0 aliphatic rings. The average molecular weight is 357 g/mol. The van der Waals surface area contributed by atoms with Crippen LogP contribution in [-0.4, -0.2) is 28.2 Å². The van der Waals surface area contributed by atoms with Gasteiger partial charge >= 0.3 is 6.03 Å². The highest BCUT2D eigenvalue weighted by molar-refractivity contribution is 5.75. The van der Waals surface area contributed by atoms with Gasteiger partial charge in [0.25, 0.3) is 0 Å². The van der Waals surface area contributed by atoms with Gasteiger partial charge in [0.1, 0.15) is 5.69 Å². The van der Waals surface area contributed by atoms with E-state index in [0.29, 0.717) is 19.0 Å². The second-order valence-corrected chi connectivity index (χ2v) is 8.44. The maximum absolute atomic E-state index is 12.6.